The number of carbonyl (C=O) groups excluding carboxylic acids is 1. The maximum atomic E-state index is 13.5. The average Bonchev–Trinajstić information content (AvgIpc) is 2.61. The molecular weight excluding hydrogens is 288 g/mol. The van der Waals surface area contributed by atoms with Crippen LogP contribution in [0.2, 0.25) is 0 Å². The number of hydrogen-bond donors (Lipinski definition) is 1. The minimum atomic E-state index is -0.696. The van der Waals surface area contributed by atoms with E-state index in [0.717, 1.165) is 0 Å². The van der Waals surface area contributed by atoms with Crippen molar-refractivity contribution in [3.63, 3.8) is 0 Å². The van der Waals surface area contributed by atoms with Gasteiger partial charge in [-0.05, 0) is 42.2 Å². The van der Waals surface area contributed by atoms with Crippen molar-refractivity contribution in [2.45, 2.75) is 25.8 Å². The van der Waals surface area contributed by atoms with E-state index in [-0.39, 0.29) is 18.3 Å². The SMILES string of the molecule is O=C1CCCc2cc(F)c(O)cc2N1Cc1cccc(F)c1. The van der Waals surface area contributed by atoms with Gasteiger partial charge in [0.05, 0.1) is 12.2 Å². The highest BCUT2D eigenvalue weighted by molar-refractivity contribution is 5.95. The summed E-state index contributed by atoms with van der Waals surface area (Å²) in [7, 11) is 0. The molecule has 5 heteroatoms. The molecule has 114 valence electrons. The monoisotopic (exact) mass is 303 g/mol. The second-order valence-corrected chi connectivity index (χ2v) is 5.40. The fourth-order valence-corrected chi connectivity index (χ4v) is 2.73. The number of halogens is 2. The molecule has 0 bridgehead atoms. The summed E-state index contributed by atoms with van der Waals surface area (Å²) in [6, 6.07) is 8.54. The summed E-state index contributed by atoms with van der Waals surface area (Å²) in [6.07, 6.45) is 1.53. The molecule has 0 saturated heterocycles. The fourth-order valence-electron chi connectivity index (χ4n) is 2.73. The van der Waals surface area contributed by atoms with Gasteiger partial charge in [-0.2, -0.15) is 0 Å². The van der Waals surface area contributed by atoms with Crippen molar-refractivity contribution >= 4 is 11.6 Å². The number of rotatable bonds is 2. The van der Waals surface area contributed by atoms with E-state index < -0.39 is 11.6 Å². The fraction of sp³-hybridized carbons (Fsp3) is 0.235. The summed E-state index contributed by atoms with van der Waals surface area (Å²) >= 11 is 0. The molecule has 0 aliphatic carbocycles. The van der Waals surface area contributed by atoms with Crippen LogP contribution >= 0.6 is 0 Å². The van der Waals surface area contributed by atoms with Crippen molar-refractivity contribution in [3.05, 3.63) is 59.2 Å². The van der Waals surface area contributed by atoms with Crippen molar-refractivity contribution in [1.82, 2.24) is 0 Å². The number of carbonyl (C=O) groups is 1. The van der Waals surface area contributed by atoms with Gasteiger partial charge in [0, 0.05) is 12.5 Å². The number of phenolic OH excluding ortho intramolecular Hbond substituents is 1. The number of benzene rings is 2. The number of amides is 1. The normalized spacial score (nSPS) is 14.6. The topological polar surface area (TPSA) is 40.5 Å². The third kappa shape index (κ3) is 2.79. The van der Waals surface area contributed by atoms with Gasteiger partial charge < -0.3 is 10.0 Å². The molecule has 3 rings (SSSR count). The lowest BCUT2D eigenvalue weighted by Gasteiger charge is -2.23. The minimum Gasteiger partial charge on any atom is -0.505 e. The summed E-state index contributed by atoms with van der Waals surface area (Å²) in [6.45, 7) is 0.189. The lowest BCUT2D eigenvalue weighted by Crippen LogP contribution is -2.29. The zero-order valence-corrected chi connectivity index (χ0v) is 11.9. The second-order valence-electron chi connectivity index (χ2n) is 5.40. The number of anilines is 1. The van der Waals surface area contributed by atoms with Crippen molar-refractivity contribution in [1.29, 1.82) is 0 Å². The standard InChI is InChI=1S/C17H15F2NO2/c18-13-5-1-3-11(7-13)10-20-15-9-16(21)14(19)8-12(15)4-2-6-17(20)22/h1,3,5,7-9,21H,2,4,6,10H2. The summed E-state index contributed by atoms with van der Waals surface area (Å²) < 4.78 is 26.9. The summed E-state index contributed by atoms with van der Waals surface area (Å²) in [5.41, 5.74) is 1.81. The Morgan fingerprint density at radius 3 is 2.73 bits per heavy atom. The van der Waals surface area contributed by atoms with Gasteiger partial charge in [-0.15, -0.1) is 0 Å². The molecule has 0 unspecified atom stereocenters. The van der Waals surface area contributed by atoms with Gasteiger partial charge in [-0.1, -0.05) is 12.1 Å². The first-order valence-corrected chi connectivity index (χ1v) is 7.11. The number of aryl methyl sites for hydroxylation is 1. The summed E-state index contributed by atoms with van der Waals surface area (Å²) in [4.78, 5) is 13.8. The van der Waals surface area contributed by atoms with E-state index in [2.05, 4.69) is 0 Å². The van der Waals surface area contributed by atoms with Gasteiger partial charge in [0.2, 0.25) is 5.91 Å². The van der Waals surface area contributed by atoms with Gasteiger partial charge in [0.1, 0.15) is 5.82 Å². The first kappa shape index (κ1) is 14.5. The molecule has 1 N–H and O–H groups in total. The first-order chi connectivity index (χ1) is 10.5. The number of aromatic hydroxyl groups is 1. The molecular formula is C17H15F2NO2. The van der Waals surface area contributed by atoms with Gasteiger partial charge >= 0.3 is 0 Å². The highest BCUT2D eigenvalue weighted by Crippen LogP contribution is 2.33. The Balaban J connectivity index is 2.02. The molecule has 0 atom stereocenters. The van der Waals surface area contributed by atoms with Crippen molar-refractivity contribution in [2.24, 2.45) is 0 Å². The zero-order valence-electron chi connectivity index (χ0n) is 11.9. The predicted molar refractivity (Wildman–Crippen MR) is 78.6 cm³/mol. The lowest BCUT2D eigenvalue weighted by atomic mass is 10.1. The molecule has 1 aliphatic rings. The largest absolute Gasteiger partial charge is 0.505 e. The Morgan fingerprint density at radius 1 is 1.14 bits per heavy atom. The minimum absolute atomic E-state index is 0.117. The molecule has 3 nitrogen and oxygen atoms in total. The highest BCUT2D eigenvalue weighted by atomic mass is 19.1. The van der Waals surface area contributed by atoms with Crippen LogP contribution in [-0.2, 0) is 17.8 Å². The highest BCUT2D eigenvalue weighted by Gasteiger charge is 2.24. The molecule has 0 spiro atoms. The van der Waals surface area contributed by atoms with E-state index >= 15 is 0 Å². The van der Waals surface area contributed by atoms with Crippen LogP contribution in [0.15, 0.2) is 36.4 Å². The molecule has 1 heterocycles. The Morgan fingerprint density at radius 2 is 1.95 bits per heavy atom. The van der Waals surface area contributed by atoms with Crippen molar-refractivity contribution in [2.75, 3.05) is 4.90 Å². The quantitative estimate of drug-likeness (QED) is 0.922. The first-order valence-electron chi connectivity index (χ1n) is 7.11. The number of phenols is 1. The summed E-state index contributed by atoms with van der Waals surface area (Å²) in [5.74, 6) is -1.67. The van der Waals surface area contributed by atoms with Gasteiger partial charge in [-0.3, -0.25) is 4.79 Å². The van der Waals surface area contributed by atoms with Crippen LogP contribution in [0.5, 0.6) is 5.75 Å². The van der Waals surface area contributed by atoms with Gasteiger partial charge in [-0.25, -0.2) is 8.78 Å². The third-order valence-electron chi connectivity index (χ3n) is 3.81. The average molecular weight is 303 g/mol. The van der Waals surface area contributed by atoms with E-state index in [0.29, 0.717) is 36.1 Å². The Labute approximate surface area is 126 Å². The molecule has 22 heavy (non-hydrogen) atoms. The van der Waals surface area contributed by atoms with Gasteiger partial charge in [0.15, 0.2) is 11.6 Å². The maximum Gasteiger partial charge on any atom is 0.227 e. The van der Waals surface area contributed by atoms with E-state index in [1.807, 2.05) is 0 Å². The van der Waals surface area contributed by atoms with E-state index in [1.54, 1.807) is 12.1 Å². The lowest BCUT2D eigenvalue weighted by molar-refractivity contribution is -0.118. The van der Waals surface area contributed by atoms with Crippen LogP contribution in [0.3, 0.4) is 0 Å². The summed E-state index contributed by atoms with van der Waals surface area (Å²) in [5, 5.41) is 9.61. The van der Waals surface area contributed by atoms with Crippen LogP contribution < -0.4 is 4.90 Å². The number of fused-ring (bicyclic) bond motifs is 1. The molecule has 1 amide bonds. The van der Waals surface area contributed by atoms with Gasteiger partial charge in [0.25, 0.3) is 0 Å². The smallest absolute Gasteiger partial charge is 0.227 e. The second kappa shape index (κ2) is 5.75. The predicted octanol–water partition coefficient (Wildman–Crippen LogP) is 3.54. The van der Waals surface area contributed by atoms with E-state index in [9.17, 15) is 18.7 Å². The zero-order chi connectivity index (χ0) is 15.7. The van der Waals surface area contributed by atoms with Crippen LogP contribution in [0.1, 0.15) is 24.0 Å². The molecule has 2 aromatic rings. The van der Waals surface area contributed by atoms with Crippen molar-refractivity contribution < 1.29 is 18.7 Å². The molecule has 0 fully saturated rings. The van der Waals surface area contributed by atoms with E-state index in [1.165, 1.54) is 29.2 Å². The van der Waals surface area contributed by atoms with Crippen LogP contribution in [-0.4, -0.2) is 11.0 Å². The van der Waals surface area contributed by atoms with Crippen LogP contribution in [0.25, 0.3) is 0 Å². The maximum absolute atomic E-state index is 13.5. The van der Waals surface area contributed by atoms with E-state index in [4.69, 9.17) is 0 Å². The Bertz CT molecular complexity index is 731. The number of hydrogen-bond acceptors (Lipinski definition) is 2. The Kier molecular flexibility index (Phi) is 3.79. The Hall–Kier alpha value is -2.43. The molecule has 0 radical (unpaired) electrons. The van der Waals surface area contributed by atoms with Crippen molar-refractivity contribution in [3.8, 4) is 5.75 Å². The molecule has 2 aromatic carbocycles. The third-order valence-corrected chi connectivity index (χ3v) is 3.81. The molecule has 1 aliphatic heterocycles. The van der Waals surface area contributed by atoms with Crippen LogP contribution in [0, 0.1) is 11.6 Å². The number of nitrogens with zero attached hydrogens (tertiary/aromatic N) is 1. The molecule has 0 aromatic heterocycles. The molecule has 0 saturated carbocycles. The van der Waals surface area contributed by atoms with Crippen LogP contribution in [0.4, 0.5) is 14.5 Å².